The van der Waals surface area contributed by atoms with Crippen LogP contribution in [0.1, 0.15) is 44.7 Å². The standard InChI is InChI=1S/C29H42FNO5Si/c1-28(2,3)18-25(36-37(7)8)29(17-20-9-11-22(30)12-10-20)13-14-31(27(29)32)19-21-15-23(33-4)26(35-6)24(16-21)34-5/h9-12,15-16,25,37H,13-14,17-19H2,1-8H3. The van der Waals surface area contributed by atoms with Crippen LogP contribution >= 0.6 is 0 Å². The van der Waals surface area contributed by atoms with E-state index < -0.39 is 14.5 Å². The molecule has 0 spiro atoms. The zero-order valence-electron chi connectivity index (χ0n) is 23.5. The number of amides is 1. The average Bonchev–Trinajstić information content (AvgIpc) is 3.14. The molecular weight excluding hydrogens is 489 g/mol. The summed E-state index contributed by atoms with van der Waals surface area (Å²) < 4.78 is 36.8. The van der Waals surface area contributed by atoms with Crippen molar-refractivity contribution in [2.45, 2.75) is 65.8 Å². The van der Waals surface area contributed by atoms with Crippen molar-refractivity contribution < 1.29 is 27.8 Å². The molecule has 0 radical (unpaired) electrons. The van der Waals surface area contributed by atoms with Crippen LogP contribution in [-0.4, -0.2) is 53.8 Å². The third-order valence-corrected chi connectivity index (χ3v) is 7.80. The minimum atomic E-state index is -1.46. The van der Waals surface area contributed by atoms with E-state index in [1.54, 1.807) is 33.5 Å². The fourth-order valence-electron chi connectivity index (χ4n) is 5.26. The second-order valence-electron chi connectivity index (χ2n) is 11.4. The molecule has 37 heavy (non-hydrogen) atoms. The summed E-state index contributed by atoms with van der Waals surface area (Å²) in [4.78, 5) is 16.3. The predicted octanol–water partition coefficient (Wildman–Crippen LogP) is 5.62. The molecule has 1 fully saturated rings. The Balaban J connectivity index is 2.00. The number of nitrogens with zero attached hydrogens (tertiary/aromatic N) is 1. The Morgan fingerprint density at radius 2 is 1.59 bits per heavy atom. The molecule has 1 aliphatic heterocycles. The van der Waals surface area contributed by atoms with Crippen molar-refractivity contribution >= 4 is 14.9 Å². The first kappa shape index (κ1) is 29.0. The number of rotatable bonds is 11. The first-order valence-electron chi connectivity index (χ1n) is 12.9. The van der Waals surface area contributed by atoms with E-state index in [1.807, 2.05) is 17.0 Å². The molecule has 0 aromatic heterocycles. The van der Waals surface area contributed by atoms with Gasteiger partial charge in [0.2, 0.25) is 11.7 Å². The molecule has 204 valence electrons. The molecule has 6 nitrogen and oxygen atoms in total. The Hall–Kier alpha value is -2.58. The minimum Gasteiger partial charge on any atom is -0.493 e. The highest BCUT2D eigenvalue weighted by atomic mass is 28.3. The molecule has 1 saturated heterocycles. The number of halogens is 1. The van der Waals surface area contributed by atoms with Gasteiger partial charge in [0.05, 0.1) is 32.8 Å². The SMILES string of the molecule is COc1cc(CN2CCC(Cc3ccc(F)cc3)(C(CC(C)(C)C)O[SiH](C)C)C2=O)cc(OC)c1OC. The Bertz CT molecular complexity index is 1040. The summed E-state index contributed by atoms with van der Waals surface area (Å²) in [7, 11) is 3.28. The van der Waals surface area contributed by atoms with Crippen LogP contribution in [-0.2, 0) is 22.2 Å². The van der Waals surface area contributed by atoms with Crippen molar-refractivity contribution in [3.63, 3.8) is 0 Å². The van der Waals surface area contributed by atoms with Gasteiger partial charge in [-0.3, -0.25) is 4.79 Å². The first-order valence-corrected chi connectivity index (χ1v) is 15.7. The van der Waals surface area contributed by atoms with E-state index in [4.69, 9.17) is 18.6 Å². The Kier molecular flexibility index (Phi) is 9.29. The summed E-state index contributed by atoms with van der Waals surface area (Å²) in [5, 5.41) is 0. The van der Waals surface area contributed by atoms with Crippen LogP contribution in [0.15, 0.2) is 36.4 Å². The molecule has 0 bridgehead atoms. The Morgan fingerprint density at radius 3 is 2.08 bits per heavy atom. The normalized spacial score (nSPS) is 18.9. The van der Waals surface area contributed by atoms with E-state index >= 15 is 0 Å². The molecule has 2 atom stereocenters. The van der Waals surface area contributed by atoms with Gasteiger partial charge in [0, 0.05) is 13.1 Å². The van der Waals surface area contributed by atoms with Gasteiger partial charge in [-0.15, -0.1) is 0 Å². The number of ether oxygens (including phenoxy) is 3. The van der Waals surface area contributed by atoms with Crippen molar-refractivity contribution in [3.05, 3.63) is 53.3 Å². The van der Waals surface area contributed by atoms with E-state index in [-0.39, 0.29) is 23.2 Å². The highest BCUT2D eigenvalue weighted by Gasteiger charge is 2.53. The maximum absolute atomic E-state index is 14.3. The molecule has 2 unspecified atom stereocenters. The third-order valence-electron chi connectivity index (χ3n) is 6.92. The zero-order chi connectivity index (χ0) is 27.4. The Labute approximate surface area is 222 Å². The number of likely N-dealkylation sites (tertiary alicyclic amines) is 1. The second kappa shape index (κ2) is 11.9. The predicted molar refractivity (Wildman–Crippen MR) is 146 cm³/mol. The molecule has 0 saturated carbocycles. The second-order valence-corrected chi connectivity index (χ2v) is 13.8. The molecule has 1 aliphatic rings. The van der Waals surface area contributed by atoms with Crippen LogP contribution in [0.5, 0.6) is 17.2 Å². The van der Waals surface area contributed by atoms with Gasteiger partial charge in [-0.25, -0.2) is 4.39 Å². The van der Waals surface area contributed by atoms with Crippen LogP contribution in [0, 0.1) is 16.6 Å². The maximum Gasteiger partial charge on any atom is 0.232 e. The molecule has 2 aromatic rings. The van der Waals surface area contributed by atoms with E-state index in [9.17, 15) is 9.18 Å². The summed E-state index contributed by atoms with van der Waals surface area (Å²) in [5.74, 6) is 1.43. The monoisotopic (exact) mass is 531 g/mol. The van der Waals surface area contributed by atoms with Gasteiger partial charge in [0.25, 0.3) is 0 Å². The number of carbonyl (C=O) groups excluding carboxylic acids is 1. The van der Waals surface area contributed by atoms with Crippen molar-refractivity contribution in [2.24, 2.45) is 10.8 Å². The summed E-state index contributed by atoms with van der Waals surface area (Å²) in [6.45, 7) is 11.9. The van der Waals surface area contributed by atoms with Crippen molar-refractivity contribution in [3.8, 4) is 17.2 Å². The van der Waals surface area contributed by atoms with E-state index in [0.717, 1.165) is 17.5 Å². The Morgan fingerprint density at radius 1 is 1.00 bits per heavy atom. The zero-order valence-corrected chi connectivity index (χ0v) is 24.7. The van der Waals surface area contributed by atoms with Gasteiger partial charge < -0.3 is 23.5 Å². The highest BCUT2D eigenvalue weighted by Crippen LogP contribution is 2.46. The van der Waals surface area contributed by atoms with Crippen molar-refractivity contribution in [2.75, 3.05) is 27.9 Å². The van der Waals surface area contributed by atoms with Crippen LogP contribution in [0.3, 0.4) is 0 Å². The number of benzene rings is 2. The van der Waals surface area contributed by atoms with Gasteiger partial charge in [-0.05, 0) is 73.2 Å². The lowest BCUT2D eigenvalue weighted by Gasteiger charge is -2.40. The topological polar surface area (TPSA) is 57.2 Å². The minimum absolute atomic E-state index is 0.0197. The molecule has 3 rings (SSSR count). The number of methoxy groups -OCH3 is 3. The first-order chi connectivity index (χ1) is 17.4. The molecule has 1 heterocycles. The van der Waals surface area contributed by atoms with Gasteiger partial charge in [0.15, 0.2) is 20.5 Å². The van der Waals surface area contributed by atoms with Crippen LogP contribution < -0.4 is 14.2 Å². The summed E-state index contributed by atoms with van der Waals surface area (Å²) in [6.07, 6.45) is 1.74. The van der Waals surface area contributed by atoms with Crippen LogP contribution in [0.25, 0.3) is 0 Å². The highest BCUT2D eigenvalue weighted by molar-refractivity contribution is 6.48. The summed E-state index contributed by atoms with van der Waals surface area (Å²) >= 11 is 0. The van der Waals surface area contributed by atoms with E-state index in [1.165, 1.54) is 12.1 Å². The third kappa shape index (κ3) is 6.84. The number of carbonyl (C=O) groups is 1. The lowest BCUT2D eigenvalue weighted by molar-refractivity contribution is -0.142. The fraction of sp³-hybridized carbons (Fsp3) is 0.552. The van der Waals surface area contributed by atoms with Crippen LogP contribution in [0.4, 0.5) is 4.39 Å². The quantitative estimate of drug-likeness (QED) is 0.353. The van der Waals surface area contributed by atoms with Crippen LogP contribution in [0.2, 0.25) is 13.1 Å². The van der Waals surface area contributed by atoms with Crippen molar-refractivity contribution in [1.82, 2.24) is 4.90 Å². The molecule has 0 aliphatic carbocycles. The number of hydrogen-bond acceptors (Lipinski definition) is 5. The molecule has 8 heteroatoms. The maximum atomic E-state index is 14.3. The lowest BCUT2D eigenvalue weighted by Crippen LogP contribution is -2.48. The fourth-order valence-corrected chi connectivity index (χ4v) is 6.27. The molecule has 1 amide bonds. The largest absolute Gasteiger partial charge is 0.493 e. The van der Waals surface area contributed by atoms with Gasteiger partial charge in [-0.2, -0.15) is 0 Å². The van der Waals surface area contributed by atoms with E-state index in [0.29, 0.717) is 43.2 Å². The van der Waals surface area contributed by atoms with E-state index in [2.05, 4.69) is 33.9 Å². The van der Waals surface area contributed by atoms with Gasteiger partial charge in [-0.1, -0.05) is 32.9 Å². The van der Waals surface area contributed by atoms with Gasteiger partial charge >= 0.3 is 0 Å². The van der Waals surface area contributed by atoms with Crippen molar-refractivity contribution in [1.29, 1.82) is 0 Å². The lowest BCUT2D eigenvalue weighted by atomic mass is 9.70. The molecule has 0 N–H and O–H groups in total. The van der Waals surface area contributed by atoms with Gasteiger partial charge in [0.1, 0.15) is 5.82 Å². The summed E-state index contributed by atoms with van der Waals surface area (Å²) in [5.41, 5.74) is 1.10. The smallest absolute Gasteiger partial charge is 0.232 e. The summed E-state index contributed by atoms with van der Waals surface area (Å²) in [6, 6.07) is 10.3. The molecular formula is C29H42FNO5Si. The average molecular weight is 532 g/mol. The number of hydrogen-bond donors (Lipinski definition) is 0. The molecule has 2 aromatic carbocycles.